The molecular weight excluding hydrogens is 314 g/mol. The molecule has 0 fully saturated rings. The molecule has 0 unspecified atom stereocenters. The molecule has 19 heavy (non-hydrogen) atoms. The number of nitrogens with two attached hydrogens (primary N) is 1. The third kappa shape index (κ3) is 3.74. The van der Waals surface area contributed by atoms with Crippen molar-refractivity contribution in [2.24, 2.45) is 10.7 Å². The molecule has 0 bridgehead atoms. The van der Waals surface area contributed by atoms with Crippen molar-refractivity contribution in [3.05, 3.63) is 22.2 Å². The monoisotopic (exact) mass is 329 g/mol. The Hall–Kier alpha value is -1.47. The summed E-state index contributed by atoms with van der Waals surface area (Å²) in [4.78, 5) is 4.24. The van der Waals surface area contributed by atoms with E-state index in [1.165, 1.54) is 0 Å². The van der Waals surface area contributed by atoms with Gasteiger partial charge in [0.1, 0.15) is 0 Å². The van der Waals surface area contributed by atoms with E-state index < -0.39 is 0 Å². The van der Waals surface area contributed by atoms with Crippen molar-refractivity contribution in [1.29, 1.82) is 0 Å². The molecule has 1 aliphatic heterocycles. The standard InChI is InChI=1S/C12H16BrN3O3/c1-17-3-2-15-12(14)16-6-8-4-9(13)11-10(5-8)18-7-19-11/h4-5H,2-3,6-7H2,1H3,(H3,14,15,16). The molecule has 2 rings (SSSR count). The smallest absolute Gasteiger partial charge is 0.231 e. The van der Waals surface area contributed by atoms with Crippen LogP contribution < -0.4 is 20.5 Å². The van der Waals surface area contributed by atoms with Crippen molar-refractivity contribution < 1.29 is 14.2 Å². The average molecular weight is 330 g/mol. The first-order valence-electron chi connectivity index (χ1n) is 5.81. The zero-order valence-corrected chi connectivity index (χ0v) is 12.2. The summed E-state index contributed by atoms with van der Waals surface area (Å²) in [6.07, 6.45) is 0. The number of methoxy groups -OCH3 is 1. The summed E-state index contributed by atoms with van der Waals surface area (Å²) >= 11 is 3.44. The number of aliphatic imine (C=N–C) groups is 1. The van der Waals surface area contributed by atoms with Gasteiger partial charge in [-0.2, -0.15) is 0 Å². The third-order valence-corrected chi connectivity index (χ3v) is 3.12. The van der Waals surface area contributed by atoms with E-state index in [1.54, 1.807) is 7.11 Å². The van der Waals surface area contributed by atoms with E-state index in [1.807, 2.05) is 12.1 Å². The molecule has 0 saturated carbocycles. The number of nitrogens with zero attached hydrogens (tertiary/aromatic N) is 1. The van der Waals surface area contributed by atoms with Gasteiger partial charge in [0, 0.05) is 13.7 Å². The Bertz CT molecular complexity index is 480. The van der Waals surface area contributed by atoms with Gasteiger partial charge in [-0.15, -0.1) is 0 Å². The Morgan fingerprint density at radius 1 is 1.53 bits per heavy atom. The van der Waals surface area contributed by atoms with Gasteiger partial charge in [0.05, 0.1) is 17.6 Å². The van der Waals surface area contributed by atoms with E-state index in [4.69, 9.17) is 19.9 Å². The Morgan fingerprint density at radius 3 is 3.16 bits per heavy atom. The fourth-order valence-corrected chi connectivity index (χ4v) is 2.23. The average Bonchev–Trinajstić information content (AvgIpc) is 2.85. The Morgan fingerprint density at radius 2 is 2.37 bits per heavy atom. The largest absolute Gasteiger partial charge is 0.454 e. The van der Waals surface area contributed by atoms with Gasteiger partial charge >= 0.3 is 0 Å². The van der Waals surface area contributed by atoms with Crippen LogP contribution in [-0.4, -0.2) is 33.0 Å². The van der Waals surface area contributed by atoms with Gasteiger partial charge in [-0.1, -0.05) is 0 Å². The van der Waals surface area contributed by atoms with E-state index >= 15 is 0 Å². The molecule has 1 aromatic rings. The molecule has 7 heteroatoms. The van der Waals surface area contributed by atoms with E-state index in [2.05, 4.69) is 26.2 Å². The van der Waals surface area contributed by atoms with Crippen LogP contribution in [0.1, 0.15) is 5.56 Å². The second-order valence-corrected chi connectivity index (χ2v) is 4.79. The summed E-state index contributed by atoms with van der Waals surface area (Å²) < 4.78 is 16.4. The van der Waals surface area contributed by atoms with E-state index in [0.29, 0.717) is 25.7 Å². The highest BCUT2D eigenvalue weighted by Crippen LogP contribution is 2.40. The number of ether oxygens (including phenoxy) is 3. The molecule has 0 amide bonds. The van der Waals surface area contributed by atoms with E-state index in [0.717, 1.165) is 21.5 Å². The topological polar surface area (TPSA) is 78.1 Å². The van der Waals surface area contributed by atoms with Crippen LogP contribution in [0.5, 0.6) is 11.5 Å². The highest BCUT2D eigenvalue weighted by Gasteiger charge is 2.17. The second-order valence-electron chi connectivity index (χ2n) is 3.93. The lowest BCUT2D eigenvalue weighted by Gasteiger charge is -2.06. The SMILES string of the molecule is COCCNC(N)=NCc1cc(Br)c2c(c1)OCO2. The molecule has 0 aliphatic carbocycles. The van der Waals surface area contributed by atoms with Gasteiger partial charge < -0.3 is 25.3 Å². The lowest BCUT2D eigenvalue weighted by molar-refractivity contribution is 0.173. The van der Waals surface area contributed by atoms with Gasteiger partial charge in [0.15, 0.2) is 17.5 Å². The predicted molar refractivity (Wildman–Crippen MR) is 75.5 cm³/mol. The molecule has 0 atom stereocenters. The summed E-state index contributed by atoms with van der Waals surface area (Å²) in [5.74, 6) is 1.86. The normalized spacial score (nSPS) is 13.7. The summed E-state index contributed by atoms with van der Waals surface area (Å²) in [5, 5.41) is 2.96. The first kappa shape index (κ1) is 14.0. The van der Waals surface area contributed by atoms with Crippen LogP contribution in [0, 0.1) is 0 Å². The Kier molecular flexibility index (Phi) is 4.86. The van der Waals surface area contributed by atoms with Gasteiger partial charge in [-0.3, -0.25) is 0 Å². The fraction of sp³-hybridized carbons (Fsp3) is 0.417. The van der Waals surface area contributed by atoms with Crippen LogP contribution in [0.3, 0.4) is 0 Å². The van der Waals surface area contributed by atoms with Gasteiger partial charge in [-0.05, 0) is 33.6 Å². The molecule has 0 radical (unpaired) electrons. The number of benzene rings is 1. The van der Waals surface area contributed by atoms with Crippen molar-refractivity contribution in [2.75, 3.05) is 27.1 Å². The molecule has 1 aromatic carbocycles. The summed E-state index contributed by atoms with van der Waals surface area (Å²) in [6, 6.07) is 3.85. The van der Waals surface area contributed by atoms with Crippen molar-refractivity contribution in [2.45, 2.75) is 6.54 Å². The van der Waals surface area contributed by atoms with Gasteiger partial charge in [-0.25, -0.2) is 4.99 Å². The summed E-state index contributed by atoms with van der Waals surface area (Å²) in [7, 11) is 1.64. The first-order chi connectivity index (χ1) is 9.20. The zero-order chi connectivity index (χ0) is 13.7. The maximum absolute atomic E-state index is 5.73. The number of hydrogen-bond acceptors (Lipinski definition) is 4. The van der Waals surface area contributed by atoms with Crippen LogP contribution in [-0.2, 0) is 11.3 Å². The quantitative estimate of drug-likeness (QED) is 0.482. The minimum Gasteiger partial charge on any atom is -0.454 e. The second kappa shape index (κ2) is 6.63. The Balaban J connectivity index is 1.96. The van der Waals surface area contributed by atoms with Crippen molar-refractivity contribution in [3.8, 4) is 11.5 Å². The number of rotatable bonds is 5. The van der Waals surface area contributed by atoms with Crippen LogP contribution in [0.2, 0.25) is 0 Å². The number of guanidine groups is 1. The van der Waals surface area contributed by atoms with Crippen molar-refractivity contribution in [1.82, 2.24) is 5.32 Å². The fourth-order valence-electron chi connectivity index (χ4n) is 1.63. The molecule has 1 heterocycles. The van der Waals surface area contributed by atoms with E-state index in [-0.39, 0.29) is 6.79 Å². The molecule has 0 aromatic heterocycles. The number of hydrogen-bond donors (Lipinski definition) is 2. The molecule has 6 nitrogen and oxygen atoms in total. The first-order valence-corrected chi connectivity index (χ1v) is 6.60. The molecule has 1 aliphatic rings. The summed E-state index contributed by atoms with van der Waals surface area (Å²) in [5.41, 5.74) is 6.72. The minimum atomic E-state index is 0.251. The molecule has 0 saturated heterocycles. The van der Waals surface area contributed by atoms with Crippen LogP contribution in [0.15, 0.2) is 21.6 Å². The predicted octanol–water partition coefficient (Wildman–Crippen LogP) is 1.23. The summed E-state index contributed by atoms with van der Waals surface area (Å²) in [6.45, 7) is 1.95. The Labute approximate surface area is 120 Å². The van der Waals surface area contributed by atoms with Crippen molar-refractivity contribution >= 4 is 21.9 Å². The zero-order valence-electron chi connectivity index (χ0n) is 10.6. The van der Waals surface area contributed by atoms with Gasteiger partial charge in [0.2, 0.25) is 6.79 Å². The number of fused-ring (bicyclic) bond motifs is 1. The van der Waals surface area contributed by atoms with Crippen LogP contribution in [0.4, 0.5) is 0 Å². The number of nitrogens with one attached hydrogen (secondary N) is 1. The minimum absolute atomic E-state index is 0.251. The maximum atomic E-state index is 5.73. The highest BCUT2D eigenvalue weighted by molar-refractivity contribution is 9.10. The lowest BCUT2D eigenvalue weighted by atomic mass is 10.2. The number of halogens is 1. The molecule has 0 spiro atoms. The third-order valence-electron chi connectivity index (χ3n) is 2.53. The molecule has 104 valence electrons. The lowest BCUT2D eigenvalue weighted by Crippen LogP contribution is -2.34. The van der Waals surface area contributed by atoms with Gasteiger partial charge in [0.25, 0.3) is 0 Å². The van der Waals surface area contributed by atoms with Crippen molar-refractivity contribution in [3.63, 3.8) is 0 Å². The maximum Gasteiger partial charge on any atom is 0.231 e. The molecule has 3 N–H and O–H groups in total. The van der Waals surface area contributed by atoms with Crippen LogP contribution >= 0.6 is 15.9 Å². The highest BCUT2D eigenvalue weighted by atomic mass is 79.9. The molecular formula is C12H16BrN3O3. The van der Waals surface area contributed by atoms with Crippen LogP contribution in [0.25, 0.3) is 0 Å². The van der Waals surface area contributed by atoms with E-state index in [9.17, 15) is 0 Å².